The van der Waals surface area contributed by atoms with Crippen LogP contribution in [0, 0.1) is 0 Å². The number of anilines is 1. The van der Waals surface area contributed by atoms with Crippen molar-refractivity contribution in [1.82, 2.24) is 9.55 Å². The van der Waals surface area contributed by atoms with Crippen LogP contribution in [0.3, 0.4) is 0 Å². The van der Waals surface area contributed by atoms with Gasteiger partial charge in [-0.2, -0.15) is 0 Å². The molecule has 3 nitrogen and oxygen atoms in total. The maximum Gasteiger partial charge on any atom is 0.0802 e. The standard InChI is InChI=1S/C39H31N3/c1-41(2)32-23-25-33(26-24-32)42-38(30-19-11-5-12-20-30)35-34(28-15-7-3-8-16-28)27-40-37(29-17-9-4-10-18-29)36(35)39(42)31-21-13-6-14-22-31/h3-27H,1-2H3. The van der Waals surface area contributed by atoms with Gasteiger partial charge in [0.1, 0.15) is 0 Å². The minimum absolute atomic E-state index is 0.977. The maximum atomic E-state index is 5.20. The highest BCUT2D eigenvalue weighted by Crippen LogP contribution is 2.48. The number of nitrogens with zero attached hydrogens (tertiary/aromatic N) is 3. The van der Waals surface area contributed by atoms with Gasteiger partial charge in [0.25, 0.3) is 0 Å². The second-order valence-corrected chi connectivity index (χ2v) is 10.7. The molecule has 0 aliphatic rings. The molecule has 0 amide bonds. The van der Waals surface area contributed by atoms with Crippen molar-refractivity contribution in [3.05, 3.63) is 152 Å². The summed E-state index contributed by atoms with van der Waals surface area (Å²) in [5.74, 6) is 0. The number of pyridine rings is 1. The Labute approximate surface area is 247 Å². The van der Waals surface area contributed by atoms with Crippen LogP contribution in [-0.2, 0) is 0 Å². The first kappa shape index (κ1) is 25.6. The highest BCUT2D eigenvalue weighted by molar-refractivity contribution is 6.17. The van der Waals surface area contributed by atoms with E-state index < -0.39 is 0 Å². The lowest BCUT2D eigenvalue weighted by atomic mass is 9.94. The zero-order valence-corrected chi connectivity index (χ0v) is 23.8. The molecule has 7 rings (SSSR count). The summed E-state index contributed by atoms with van der Waals surface area (Å²) in [6.45, 7) is 0. The minimum Gasteiger partial charge on any atom is -0.378 e. The van der Waals surface area contributed by atoms with Crippen molar-refractivity contribution in [3.8, 4) is 50.6 Å². The molecule has 7 aromatic rings. The molecule has 0 atom stereocenters. The Kier molecular flexibility index (Phi) is 6.61. The van der Waals surface area contributed by atoms with Gasteiger partial charge < -0.3 is 9.47 Å². The lowest BCUT2D eigenvalue weighted by Crippen LogP contribution is -2.08. The molecule has 0 unspecified atom stereocenters. The summed E-state index contributed by atoms with van der Waals surface area (Å²) in [5, 5.41) is 2.33. The van der Waals surface area contributed by atoms with Gasteiger partial charge in [-0.3, -0.25) is 4.98 Å². The molecule has 0 aliphatic carbocycles. The fourth-order valence-electron chi connectivity index (χ4n) is 5.87. The first-order valence-electron chi connectivity index (χ1n) is 14.3. The van der Waals surface area contributed by atoms with Crippen LogP contribution in [0.4, 0.5) is 5.69 Å². The van der Waals surface area contributed by atoms with Gasteiger partial charge in [0.15, 0.2) is 0 Å². The monoisotopic (exact) mass is 541 g/mol. The third kappa shape index (κ3) is 4.46. The van der Waals surface area contributed by atoms with E-state index in [0.717, 1.165) is 61.7 Å². The third-order valence-corrected chi connectivity index (χ3v) is 7.85. The third-order valence-electron chi connectivity index (χ3n) is 7.85. The second kappa shape index (κ2) is 10.9. The largest absolute Gasteiger partial charge is 0.378 e. The van der Waals surface area contributed by atoms with Crippen LogP contribution in [-0.4, -0.2) is 23.6 Å². The molecule has 2 heterocycles. The number of rotatable bonds is 6. The molecular formula is C39H31N3. The lowest BCUT2D eigenvalue weighted by molar-refractivity contribution is 1.09. The topological polar surface area (TPSA) is 21.1 Å². The molecule has 0 saturated carbocycles. The van der Waals surface area contributed by atoms with Crippen LogP contribution in [0.1, 0.15) is 0 Å². The average Bonchev–Trinajstić information content (AvgIpc) is 3.42. The Hall–Kier alpha value is -5.41. The van der Waals surface area contributed by atoms with E-state index in [4.69, 9.17) is 4.98 Å². The van der Waals surface area contributed by atoms with Crippen molar-refractivity contribution in [2.75, 3.05) is 19.0 Å². The van der Waals surface area contributed by atoms with E-state index in [-0.39, 0.29) is 0 Å². The Morgan fingerprint density at radius 2 is 0.929 bits per heavy atom. The molecule has 0 saturated heterocycles. The molecular weight excluding hydrogens is 510 g/mol. The van der Waals surface area contributed by atoms with E-state index in [1.54, 1.807) is 0 Å². The summed E-state index contributed by atoms with van der Waals surface area (Å²) in [6, 6.07) is 51.5. The van der Waals surface area contributed by atoms with Crippen LogP contribution in [0.5, 0.6) is 0 Å². The summed E-state index contributed by atoms with van der Waals surface area (Å²) in [7, 11) is 4.15. The van der Waals surface area contributed by atoms with Crippen molar-refractivity contribution < 1.29 is 0 Å². The van der Waals surface area contributed by atoms with Crippen molar-refractivity contribution in [3.63, 3.8) is 0 Å². The van der Waals surface area contributed by atoms with E-state index in [9.17, 15) is 0 Å². The number of fused-ring (bicyclic) bond motifs is 1. The summed E-state index contributed by atoms with van der Waals surface area (Å²) in [4.78, 5) is 7.33. The Morgan fingerprint density at radius 1 is 0.476 bits per heavy atom. The number of benzene rings is 5. The van der Waals surface area contributed by atoms with Crippen molar-refractivity contribution in [2.45, 2.75) is 0 Å². The van der Waals surface area contributed by atoms with E-state index in [1.807, 2.05) is 0 Å². The fourth-order valence-corrected chi connectivity index (χ4v) is 5.87. The summed E-state index contributed by atoms with van der Waals surface area (Å²) in [6.07, 6.45) is 2.06. The van der Waals surface area contributed by atoms with Gasteiger partial charge in [0.2, 0.25) is 0 Å². The first-order valence-corrected chi connectivity index (χ1v) is 14.3. The van der Waals surface area contributed by atoms with Gasteiger partial charge in [-0.15, -0.1) is 0 Å². The van der Waals surface area contributed by atoms with Gasteiger partial charge in [-0.05, 0) is 41.0 Å². The lowest BCUT2D eigenvalue weighted by Gasteiger charge is -2.17. The number of hydrogen-bond acceptors (Lipinski definition) is 2. The number of hydrogen-bond donors (Lipinski definition) is 0. The Bertz CT molecular complexity index is 1840. The van der Waals surface area contributed by atoms with Crippen molar-refractivity contribution >= 4 is 16.5 Å². The van der Waals surface area contributed by atoms with Gasteiger partial charge in [-0.1, -0.05) is 121 Å². The van der Waals surface area contributed by atoms with Crippen molar-refractivity contribution in [2.24, 2.45) is 0 Å². The quantitative estimate of drug-likeness (QED) is 0.209. The Balaban J connectivity index is 1.72. The minimum atomic E-state index is 0.977. The maximum absolute atomic E-state index is 5.20. The highest BCUT2D eigenvalue weighted by atomic mass is 15.1. The second-order valence-electron chi connectivity index (χ2n) is 10.7. The molecule has 0 spiro atoms. The summed E-state index contributed by atoms with van der Waals surface area (Å²) < 4.78 is 2.44. The SMILES string of the molecule is CN(C)c1ccc(-n2c(-c3ccccc3)c3c(-c4ccccc4)cnc(-c4ccccc4)c3c2-c2ccccc2)cc1. The number of aromatic nitrogens is 2. The summed E-state index contributed by atoms with van der Waals surface area (Å²) in [5.41, 5.74) is 11.2. The molecule has 2 aromatic heterocycles. The fraction of sp³-hybridized carbons (Fsp3) is 0.0513. The molecule has 202 valence electrons. The molecule has 0 radical (unpaired) electrons. The van der Waals surface area contributed by atoms with Crippen LogP contribution in [0.2, 0.25) is 0 Å². The Morgan fingerprint density at radius 3 is 1.43 bits per heavy atom. The van der Waals surface area contributed by atoms with Gasteiger partial charge >= 0.3 is 0 Å². The molecule has 42 heavy (non-hydrogen) atoms. The smallest absolute Gasteiger partial charge is 0.0802 e. The van der Waals surface area contributed by atoms with E-state index in [0.29, 0.717) is 0 Å². The normalized spacial score (nSPS) is 11.1. The van der Waals surface area contributed by atoms with Crippen LogP contribution < -0.4 is 4.90 Å². The van der Waals surface area contributed by atoms with E-state index in [2.05, 4.69) is 175 Å². The van der Waals surface area contributed by atoms with Gasteiger partial charge in [0.05, 0.1) is 17.1 Å². The molecule has 5 aromatic carbocycles. The van der Waals surface area contributed by atoms with Crippen LogP contribution in [0.15, 0.2) is 152 Å². The summed E-state index contributed by atoms with van der Waals surface area (Å²) >= 11 is 0. The predicted octanol–water partition coefficient (Wildman–Crippen LogP) is 9.76. The molecule has 0 aliphatic heterocycles. The van der Waals surface area contributed by atoms with Crippen LogP contribution >= 0.6 is 0 Å². The molecule has 0 N–H and O–H groups in total. The first-order chi connectivity index (χ1) is 20.7. The molecule has 3 heteroatoms. The predicted molar refractivity (Wildman–Crippen MR) is 177 cm³/mol. The highest BCUT2D eigenvalue weighted by Gasteiger charge is 2.27. The van der Waals surface area contributed by atoms with E-state index >= 15 is 0 Å². The molecule has 0 fully saturated rings. The zero-order valence-electron chi connectivity index (χ0n) is 23.8. The van der Waals surface area contributed by atoms with E-state index in [1.165, 1.54) is 5.39 Å². The van der Waals surface area contributed by atoms with Gasteiger partial charge in [0, 0.05) is 53.6 Å². The van der Waals surface area contributed by atoms with Crippen LogP contribution in [0.25, 0.3) is 61.4 Å². The van der Waals surface area contributed by atoms with Gasteiger partial charge in [-0.25, -0.2) is 0 Å². The van der Waals surface area contributed by atoms with Crippen molar-refractivity contribution in [1.29, 1.82) is 0 Å². The average molecular weight is 542 g/mol. The zero-order chi connectivity index (χ0) is 28.5. The molecule has 0 bridgehead atoms.